The second-order valence-corrected chi connectivity index (χ2v) is 6.97. The summed E-state index contributed by atoms with van der Waals surface area (Å²) in [6.07, 6.45) is 0. The first kappa shape index (κ1) is 15.5. The van der Waals surface area contributed by atoms with E-state index >= 15 is 0 Å². The molecule has 0 N–H and O–H groups in total. The first-order valence-electron chi connectivity index (χ1n) is 7.21. The molecule has 0 amide bonds. The number of hydrogen-bond acceptors (Lipinski definition) is 2. The summed E-state index contributed by atoms with van der Waals surface area (Å²) in [7, 11) is -0.432. The number of halogens is 1. The summed E-state index contributed by atoms with van der Waals surface area (Å²) in [5.41, 5.74) is 1.74. The molecule has 0 unspecified atom stereocenters. The van der Waals surface area contributed by atoms with Gasteiger partial charge in [0.15, 0.2) is 0 Å². The molecule has 0 saturated carbocycles. The van der Waals surface area contributed by atoms with Crippen LogP contribution in [0.15, 0.2) is 12.1 Å². The Kier molecular flexibility index (Phi) is 3.76. The predicted octanol–water partition coefficient (Wildman–Crippen LogP) is 3.56. The van der Waals surface area contributed by atoms with Gasteiger partial charge in [-0.1, -0.05) is 19.9 Å². The van der Waals surface area contributed by atoms with Gasteiger partial charge >= 0.3 is 7.12 Å². The number of hydrogen-bond donors (Lipinski definition) is 0. The minimum atomic E-state index is -0.432. The quantitative estimate of drug-likeness (QED) is 0.770. The fourth-order valence-electron chi connectivity index (χ4n) is 2.37. The summed E-state index contributed by atoms with van der Waals surface area (Å²) in [5.74, 6) is -0.0189. The van der Waals surface area contributed by atoms with E-state index in [2.05, 4.69) is 0 Å². The molecular weight excluding hydrogens is 254 g/mol. The van der Waals surface area contributed by atoms with Crippen LogP contribution in [0.1, 0.15) is 58.6 Å². The molecule has 1 aliphatic heterocycles. The van der Waals surface area contributed by atoms with Crippen molar-refractivity contribution in [3.63, 3.8) is 0 Å². The largest absolute Gasteiger partial charge is 0.495 e. The fourth-order valence-corrected chi connectivity index (χ4v) is 2.37. The zero-order valence-electron chi connectivity index (χ0n) is 13.5. The smallest absolute Gasteiger partial charge is 0.399 e. The van der Waals surface area contributed by atoms with Crippen molar-refractivity contribution in [1.29, 1.82) is 0 Å². The summed E-state index contributed by atoms with van der Waals surface area (Å²) >= 11 is 0. The highest BCUT2D eigenvalue weighted by Crippen LogP contribution is 2.37. The van der Waals surface area contributed by atoms with Gasteiger partial charge in [0.2, 0.25) is 0 Å². The average Bonchev–Trinajstić information content (AvgIpc) is 2.47. The first-order chi connectivity index (χ1) is 9.05. The van der Waals surface area contributed by atoms with Crippen molar-refractivity contribution < 1.29 is 13.7 Å². The third-order valence-electron chi connectivity index (χ3n) is 4.51. The maximum absolute atomic E-state index is 14.0. The summed E-state index contributed by atoms with van der Waals surface area (Å²) in [6, 6.07) is 3.47. The summed E-state index contributed by atoms with van der Waals surface area (Å²) in [5, 5.41) is 0. The zero-order valence-corrected chi connectivity index (χ0v) is 13.5. The number of rotatable bonds is 2. The Morgan fingerprint density at radius 1 is 1.05 bits per heavy atom. The van der Waals surface area contributed by atoms with E-state index in [-0.39, 0.29) is 22.9 Å². The molecular formula is C16H24BFO2. The maximum Gasteiger partial charge on any atom is 0.495 e. The Labute approximate surface area is 121 Å². The standard InChI is InChI=1S/C16H24BFO2/c1-10(2)12-9-13(11(3)8-14(12)18)17-19-15(4,5)16(6,7)20-17/h8-10H,1-7H3. The second-order valence-electron chi connectivity index (χ2n) is 6.97. The molecule has 0 spiro atoms. The highest BCUT2D eigenvalue weighted by atomic mass is 19.1. The van der Waals surface area contributed by atoms with Gasteiger partial charge in [0, 0.05) is 0 Å². The van der Waals surface area contributed by atoms with Crippen LogP contribution in [0.2, 0.25) is 0 Å². The van der Waals surface area contributed by atoms with Crippen LogP contribution in [0.4, 0.5) is 4.39 Å². The van der Waals surface area contributed by atoms with Gasteiger partial charge in [-0.3, -0.25) is 0 Å². The molecule has 1 heterocycles. The van der Waals surface area contributed by atoms with Gasteiger partial charge in [-0.2, -0.15) is 0 Å². The Balaban J connectivity index is 2.42. The van der Waals surface area contributed by atoms with Gasteiger partial charge in [-0.15, -0.1) is 0 Å². The van der Waals surface area contributed by atoms with E-state index in [1.54, 1.807) is 6.07 Å². The predicted molar refractivity (Wildman–Crippen MR) is 80.9 cm³/mol. The lowest BCUT2D eigenvalue weighted by atomic mass is 9.74. The van der Waals surface area contributed by atoms with Crippen LogP contribution in [-0.4, -0.2) is 18.3 Å². The molecule has 1 fully saturated rings. The minimum Gasteiger partial charge on any atom is -0.399 e. The summed E-state index contributed by atoms with van der Waals surface area (Å²) in [6.45, 7) is 14.0. The lowest BCUT2D eigenvalue weighted by molar-refractivity contribution is 0.00578. The molecule has 2 nitrogen and oxygen atoms in total. The third-order valence-corrected chi connectivity index (χ3v) is 4.51. The molecule has 1 aromatic rings. The molecule has 20 heavy (non-hydrogen) atoms. The van der Waals surface area contributed by atoms with Gasteiger partial charge in [0.05, 0.1) is 11.2 Å². The Morgan fingerprint density at radius 2 is 1.55 bits per heavy atom. The highest BCUT2D eigenvalue weighted by Gasteiger charge is 2.52. The van der Waals surface area contributed by atoms with Crippen LogP contribution in [-0.2, 0) is 9.31 Å². The van der Waals surface area contributed by atoms with Crippen LogP contribution < -0.4 is 5.46 Å². The van der Waals surface area contributed by atoms with E-state index < -0.39 is 7.12 Å². The van der Waals surface area contributed by atoms with E-state index in [4.69, 9.17) is 9.31 Å². The Bertz CT molecular complexity index is 507. The molecule has 0 aromatic heterocycles. The minimum absolute atomic E-state index is 0.136. The van der Waals surface area contributed by atoms with Crippen molar-refractivity contribution in [3.05, 3.63) is 29.1 Å². The van der Waals surface area contributed by atoms with Gasteiger partial charge in [-0.05, 0) is 63.2 Å². The Morgan fingerprint density at radius 3 is 2.00 bits per heavy atom. The van der Waals surface area contributed by atoms with Gasteiger partial charge in [-0.25, -0.2) is 4.39 Å². The van der Waals surface area contributed by atoms with Gasteiger partial charge in [0.1, 0.15) is 5.82 Å². The molecule has 0 atom stereocenters. The van der Waals surface area contributed by atoms with Crippen LogP contribution in [0, 0.1) is 12.7 Å². The van der Waals surface area contributed by atoms with Crippen molar-refractivity contribution in [2.24, 2.45) is 0 Å². The van der Waals surface area contributed by atoms with E-state index in [0.29, 0.717) is 5.56 Å². The first-order valence-corrected chi connectivity index (χ1v) is 7.21. The van der Waals surface area contributed by atoms with Crippen molar-refractivity contribution in [1.82, 2.24) is 0 Å². The van der Waals surface area contributed by atoms with Crippen molar-refractivity contribution in [3.8, 4) is 0 Å². The zero-order chi connectivity index (χ0) is 15.3. The van der Waals surface area contributed by atoms with E-state index in [0.717, 1.165) is 11.0 Å². The Hall–Kier alpha value is -0.865. The molecule has 1 saturated heterocycles. The molecule has 0 radical (unpaired) electrons. The van der Waals surface area contributed by atoms with Crippen LogP contribution in [0.25, 0.3) is 0 Å². The molecule has 1 aliphatic rings. The van der Waals surface area contributed by atoms with Crippen LogP contribution in [0.3, 0.4) is 0 Å². The van der Waals surface area contributed by atoms with Gasteiger partial charge < -0.3 is 9.31 Å². The van der Waals surface area contributed by atoms with Crippen molar-refractivity contribution in [2.75, 3.05) is 0 Å². The summed E-state index contributed by atoms with van der Waals surface area (Å²) < 4.78 is 26.1. The lowest BCUT2D eigenvalue weighted by Crippen LogP contribution is -2.41. The topological polar surface area (TPSA) is 18.5 Å². The maximum atomic E-state index is 14.0. The molecule has 110 valence electrons. The van der Waals surface area contributed by atoms with Gasteiger partial charge in [0.25, 0.3) is 0 Å². The van der Waals surface area contributed by atoms with E-state index in [1.165, 1.54) is 0 Å². The molecule has 4 heteroatoms. The number of aryl methyl sites for hydroxylation is 1. The molecule has 0 aliphatic carbocycles. The fraction of sp³-hybridized carbons (Fsp3) is 0.625. The molecule has 0 bridgehead atoms. The van der Waals surface area contributed by atoms with Crippen molar-refractivity contribution >= 4 is 12.6 Å². The van der Waals surface area contributed by atoms with E-state index in [9.17, 15) is 4.39 Å². The van der Waals surface area contributed by atoms with Crippen LogP contribution >= 0.6 is 0 Å². The van der Waals surface area contributed by atoms with Crippen LogP contribution in [0.5, 0.6) is 0 Å². The van der Waals surface area contributed by atoms with Crippen molar-refractivity contribution in [2.45, 2.75) is 65.6 Å². The second kappa shape index (κ2) is 4.85. The SMILES string of the molecule is Cc1cc(F)c(C(C)C)cc1B1OC(C)(C)C(C)(C)O1. The molecule has 2 rings (SSSR count). The normalized spacial score (nSPS) is 20.8. The highest BCUT2D eigenvalue weighted by molar-refractivity contribution is 6.62. The lowest BCUT2D eigenvalue weighted by Gasteiger charge is -2.32. The average molecular weight is 278 g/mol. The summed E-state index contributed by atoms with van der Waals surface area (Å²) in [4.78, 5) is 0. The molecule has 1 aromatic carbocycles. The van der Waals surface area contributed by atoms with E-state index in [1.807, 2.05) is 54.5 Å². The third kappa shape index (κ3) is 2.51. The number of benzene rings is 1. The monoisotopic (exact) mass is 278 g/mol.